The predicted molar refractivity (Wildman–Crippen MR) is 60.6 cm³/mol. The summed E-state index contributed by atoms with van der Waals surface area (Å²) in [5.74, 6) is -0.650. The molecule has 80 valence electrons. The number of carbonyl (C=O) groups is 1. The number of phenols is 1. The zero-order valence-corrected chi connectivity index (χ0v) is 8.60. The van der Waals surface area contributed by atoms with E-state index in [0.29, 0.717) is 0 Å². The number of para-hydroxylation sites is 1. The highest BCUT2D eigenvalue weighted by atomic mass is 16.4. The lowest BCUT2D eigenvalue weighted by molar-refractivity contribution is -0.132. The van der Waals surface area contributed by atoms with Gasteiger partial charge in [0.15, 0.2) is 0 Å². The van der Waals surface area contributed by atoms with Crippen LogP contribution in [0, 0.1) is 0 Å². The molecule has 0 fully saturated rings. The van der Waals surface area contributed by atoms with E-state index in [0.717, 1.165) is 5.56 Å². The Morgan fingerprint density at radius 3 is 2.13 bits per heavy atom. The van der Waals surface area contributed by atoms with Crippen molar-refractivity contribution in [3.05, 3.63) is 48.6 Å². The maximum Gasteiger partial charge on any atom is 0.330 e. The predicted octanol–water partition coefficient (Wildman–Crippen LogP) is 2.68. The topological polar surface area (TPSA) is 57.5 Å². The van der Waals surface area contributed by atoms with Gasteiger partial charge in [-0.25, -0.2) is 4.79 Å². The van der Waals surface area contributed by atoms with E-state index in [2.05, 4.69) is 13.2 Å². The minimum Gasteiger partial charge on any atom is -0.507 e. The van der Waals surface area contributed by atoms with Crippen LogP contribution in [0.2, 0.25) is 0 Å². The van der Waals surface area contributed by atoms with Gasteiger partial charge in [0.2, 0.25) is 0 Å². The number of aliphatic carboxylic acids is 1. The molecule has 0 saturated heterocycles. The van der Waals surface area contributed by atoms with E-state index in [1.54, 1.807) is 18.2 Å². The first-order chi connectivity index (χ1) is 6.99. The van der Waals surface area contributed by atoms with E-state index < -0.39 is 5.97 Å². The lowest BCUT2D eigenvalue weighted by Gasteiger charge is -1.93. The molecule has 0 saturated carbocycles. The summed E-state index contributed by atoms with van der Waals surface area (Å²) in [6.45, 7) is 8.13. The molecule has 0 aliphatic rings. The molecule has 0 heterocycles. The van der Waals surface area contributed by atoms with Crippen LogP contribution >= 0.6 is 0 Å². The fraction of sp³-hybridized carbons (Fsp3) is 0.0833. The molecule has 0 aliphatic heterocycles. The Morgan fingerprint density at radius 1 is 1.40 bits per heavy atom. The molecule has 3 heteroatoms. The van der Waals surface area contributed by atoms with Crippen LogP contribution in [0.25, 0.3) is 6.08 Å². The number of hydrogen-bond donors (Lipinski definition) is 2. The smallest absolute Gasteiger partial charge is 0.330 e. The van der Waals surface area contributed by atoms with Gasteiger partial charge in [0.1, 0.15) is 5.75 Å². The monoisotopic (exact) mass is 206 g/mol. The Balaban J connectivity index is 0.000000288. The highest BCUT2D eigenvalue weighted by molar-refractivity contribution is 5.84. The van der Waals surface area contributed by atoms with Gasteiger partial charge in [-0.05, 0) is 13.0 Å². The second-order valence-corrected chi connectivity index (χ2v) is 2.85. The highest BCUT2D eigenvalue weighted by Gasteiger charge is 1.90. The van der Waals surface area contributed by atoms with Crippen molar-refractivity contribution in [3.8, 4) is 5.75 Å². The zero-order chi connectivity index (χ0) is 11.8. The Morgan fingerprint density at radius 2 is 1.87 bits per heavy atom. The summed E-state index contributed by atoms with van der Waals surface area (Å²) in [4.78, 5) is 9.60. The van der Waals surface area contributed by atoms with E-state index in [-0.39, 0.29) is 11.3 Å². The number of phenolic OH excluding ortho intramolecular Hbond substituents is 1. The molecule has 1 rings (SSSR count). The quantitative estimate of drug-likeness (QED) is 0.731. The van der Waals surface area contributed by atoms with Crippen LogP contribution in [-0.2, 0) is 4.79 Å². The molecule has 1 aromatic rings. The van der Waals surface area contributed by atoms with Gasteiger partial charge in [-0.1, -0.05) is 37.4 Å². The maximum absolute atomic E-state index is 9.60. The molecule has 0 aliphatic carbocycles. The number of rotatable bonds is 2. The number of carboxylic acid groups (broad SMARTS) is 1. The molecule has 15 heavy (non-hydrogen) atoms. The summed E-state index contributed by atoms with van der Waals surface area (Å²) in [6, 6.07) is 7.08. The fourth-order valence-corrected chi connectivity index (χ4v) is 0.660. The second kappa shape index (κ2) is 6.43. The van der Waals surface area contributed by atoms with Crippen molar-refractivity contribution < 1.29 is 15.0 Å². The van der Waals surface area contributed by atoms with Crippen LogP contribution in [0.1, 0.15) is 12.5 Å². The maximum atomic E-state index is 9.60. The molecule has 0 radical (unpaired) electrons. The summed E-state index contributed by atoms with van der Waals surface area (Å²) in [7, 11) is 0. The van der Waals surface area contributed by atoms with Crippen LogP contribution in [0.3, 0.4) is 0 Å². The van der Waals surface area contributed by atoms with Crippen molar-refractivity contribution in [1.29, 1.82) is 0 Å². The second-order valence-electron chi connectivity index (χ2n) is 2.85. The van der Waals surface area contributed by atoms with Crippen molar-refractivity contribution in [1.82, 2.24) is 0 Å². The van der Waals surface area contributed by atoms with E-state index >= 15 is 0 Å². The van der Waals surface area contributed by atoms with Gasteiger partial charge in [0.25, 0.3) is 0 Å². The summed E-state index contributed by atoms with van der Waals surface area (Å²) in [5.41, 5.74) is 0.951. The minimum atomic E-state index is -0.935. The molecule has 0 unspecified atom stereocenters. The number of carboxylic acids is 1. The average Bonchev–Trinajstić information content (AvgIpc) is 2.19. The number of aromatic hydroxyl groups is 1. The number of benzene rings is 1. The van der Waals surface area contributed by atoms with Crippen LogP contribution in [0.5, 0.6) is 5.75 Å². The number of hydrogen-bond acceptors (Lipinski definition) is 2. The van der Waals surface area contributed by atoms with Crippen LogP contribution < -0.4 is 0 Å². The highest BCUT2D eigenvalue weighted by Crippen LogP contribution is 2.15. The third kappa shape index (κ3) is 5.31. The first-order valence-electron chi connectivity index (χ1n) is 4.28. The van der Waals surface area contributed by atoms with Gasteiger partial charge < -0.3 is 10.2 Å². The summed E-state index contributed by atoms with van der Waals surface area (Å²) in [5, 5.41) is 16.9. The van der Waals surface area contributed by atoms with Crippen molar-refractivity contribution >= 4 is 12.0 Å². The SMILES string of the molecule is C=C(C)C(=O)O.C=Cc1ccccc1O. The van der Waals surface area contributed by atoms with E-state index in [9.17, 15) is 4.79 Å². The lowest BCUT2D eigenvalue weighted by atomic mass is 10.2. The third-order valence-corrected chi connectivity index (χ3v) is 1.52. The first kappa shape index (κ1) is 13.0. The molecule has 0 aromatic heterocycles. The fourth-order valence-electron chi connectivity index (χ4n) is 0.660. The van der Waals surface area contributed by atoms with Gasteiger partial charge in [0, 0.05) is 11.1 Å². The minimum absolute atomic E-state index is 0.176. The molecular weight excluding hydrogens is 192 g/mol. The molecule has 3 nitrogen and oxygen atoms in total. The van der Waals surface area contributed by atoms with Crippen molar-refractivity contribution in [3.63, 3.8) is 0 Å². The van der Waals surface area contributed by atoms with E-state index in [1.165, 1.54) is 6.92 Å². The normalized spacial score (nSPS) is 8.33. The van der Waals surface area contributed by atoms with Crippen LogP contribution in [0.4, 0.5) is 0 Å². The molecule has 0 bridgehead atoms. The molecule has 0 atom stereocenters. The molecule has 2 N–H and O–H groups in total. The van der Waals surface area contributed by atoms with Crippen molar-refractivity contribution in [2.75, 3.05) is 0 Å². The first-order valence-corrected chi connectivity index (χ1v) is 4.28. The van der Waals surface area contributed by atoms with Crippen molar-refractivity contribution in [2.45, 2.75) is 6.92 Å². The van der Waals surface area contributed by atoms with Gasteiger partial charge >= 0.3 is 5.97 Å². The summed E-state index contributed by atoms with van der Waals surface area (Å²) < 4.78 is 0. The van der Waals surface area contributed by atoms with Gasteiger partial charge in [-0.15, -0.1) is 0 Å². The largest absolute Gasteiger partial charge is 0.507 e. The Kier molecular flexibility index (Phi) is 5.56. The summed E-state index contributed by atoms with van der Waals surface area (Å²) in [6.07, 6.45) is 1.62. The lowest BCUT2D eigenvalue weighted by Crippen LogP contribution is -1.92. The van der Waals surface area contributed by atoms with E-state index in [1.807, 2.05) is 12.1 Å². The Bertz CT molecular complexity index is 355. The van der Waals surface area contributed by atoms with Crippen LogP contribution in [0.15, 0.2) is 43.0 Å². The zero-order valence-electron chi connectivity index (χ0n) is 8.60. The summed E-state index contributed by atoms with van der Waals surface area (Å²) >= 11 is 0. The van der Waals surface area contributed by atoms with Crippen molar-refractivity contribution in [2.24, 2.45) is 0 Å². The average molecular weight is 206 g/mol. The molecular formula is C12H14O3. The Labute approximate surface area is 89.0 Å². The van der Waals surface area contributed by atoms with Gasteiger partial charge in [0.05, 0.1) is 0 Å². The molecule has 0 spiro atoms. The third-order valence-electron chi connectivity index (χ3n) is 1.52. The van der Waals surface area contributed by atoms with E-state index in [4.69, 9.17) is 10.2 Å². The Hall–Kier alpha value is -2.03. The van der Waals surface area contributed by atoms with Gasteiger partial charge in [-0.3, -0.25) is 0 Å². The van der Waals surface area contributed by atoms with Crippen LogP contribution in [-0.4, -0.2) is 16.2 Å². The molecule has 1 aromatic carbocycles. The molecule has 0 amide bonds. The standard InChI is InChI=1S/C8H8O.C4H6O2/c1-2-7-5-3-4-6-8(7)9;1-3(2)4(5)6/h2-6,9H,1H2;1H2,2H3,(H,5,6). The van der Waals surface area contributed by atoms with Gasteiger partial charge in [-0.2, -0.15) is 0 Å².